The van der Waals surface area contributed by atoms with Crippen LogP contribution in [0.4, 0.5) is 11.6 Å². The van der Waals surface area contributed by atoms with Crippen LogP contribution < -0.4 is 0 Å². The van der Waals surface area contributed by atoms with E-state index in [-0.39, 0.29) is 23.3 Å². The molecule has 0 amide bonds. The molecule has 124 valence electrons. The molecule has 23 heavy (non-hydrogen) atoms. The van der Waals surface area contributed by atoms with Crippen molar-refractivity contribution < 1.29 is 18.3 Å². The van der Waals surface area contributed by atoms with E-state index in [9.17, 15) is 28.6 Å². The lowest BCUT2D eigenvalue weighted by Crippen LogP contribution is -2.14. The summed E-state index contributed by atoms with van der Waals surface area (Å²) in [4.78, 5) is 27.5. The second kappa shape index (κ2) is 5.75. The van der Waals surface area contributed by atoms with Crippen LogP contribution in [-0.4, -0.2) is 37.4 Å². The first kappa shape index (κ1) is 16.5. The Bertz CT molecular complexity index is 816. The lowest BCUT2D eigenvalue weighted by atomic mass is 10.7. The Morgan fingerprint density at radius 1 is 0.957 bits per heavy atom. The van der Waals surface area contributed by atoms with Crippen molar-refractivity contribution in [2.45, 2.75) is 11.5 Å². The van der Waals surface area contributed by atoms with E-state index in [0.717, 1.165) is 21.5 Å². The molecule has 0 N–H and O–H groups in total. The Morgan fingerprint density at radius 3 is 1.57 bits per heavy atom. The van der Waals surface area contributed by atoms with E-state index in [1.165, 1.54) is 14.1 Å². The minimum Gasteiger partial charge on any atom is -0.358 e. The number of rotatable bonds is 6. The van der Waals surface area contributed by atoms with Crippen molar-refractivity contribution in [3.8, 4) is 0 Å². The summed E-state index contributed by atoms with van der Waals surface area (Å²) in [6, 6.07) is 0. The molecule has 2 aromatic rings. The smallest absolute Gasteiger partial charge is 0.342 e. The van der Waals surface area contributed by atoms with Gasteiger partial charge in [-0.2, -0.15) is 0 Å². The fourth-order valence-corrected chi connectivity index (χ4v) is 3.35. The zero-order valence-electron chi connectivity index (χ0n) is 12.1. The fraction of sp³-hybridized carbons (Fsp3) is 0.400. The van der Waals surface area contributed by atoms with E-state index in [1.807, 2.05) is 0 Å². The number of nitrogens with zero attached hydrogens (tertiary/aromatic N) is 6. The summed E-state index contributed by atoms with van der Waals surface area (Å²) in [6.45, 7) is 0. The van der Waals surface area contributed by atoms with Gasteiger partial charge in [0.1, 0.15) is 23.9 Å². The standard InChI is InChI=1S/C10H12N6O6S/c1-13-7(11-3-9(13)15(17)18)5-23(21,22)6-8-12-4-10(14(8)2)16(19)20/h3-4H,5-6H2,1-2H3. The average Bonchev–Trinajstić information content (AvgIpc) is 2.94. The number of imidazole rings is 2. The molecule has 2 rings (SSSR count). The first-order chi connectivity index (χ1) is 10.6. The first-order valence-electron chi connectivity index (χ1n) is 6.13. The monoisotopic (exact) mass is 344 g/mol. The third-order valence-corrected chi connectivity index (χ3v) is 4.59. The van der Waals surface area contributed by atoms with Crippen molar-refractivity contribution in [1.82, 2.24) is 19.1 Å². The predicted molar refractivity (Wildman–Crippen MR) is 76.1 cm³/mol. The number of aromatic nitrogens is 4. The maximum Gasteiger partial charge on any atom is 0.342 e. The fourth-order valence-electron chi connectivity index (χ4n) is 1.93. The molecule has 0 saturated heterocycles. The second-order valence-electron chi connectivity index (χ2n) is 4.73. The Labute approximate surface area is 129 Å². The topological polar surface area (TPSA) is 156 Å². The highest BCUT2D eigenvalue weighted by Crippen LogP contribution is 2.18. The van der Waals surface area contributed by atoms with Gasteiger partial charge >= 0.3 is 11.6 Å². The summed E-state index contributed by atoms with van der Waals surface area (Å²) in [5, 5.41) is 21.4. The van der Waals surface area contributed by atoms with Crippen molar-refractivity contribution in [2.24, 2.45) is 14.1 Å². The summed E-state index contributed by atoms with van der Waals surface area (Å²) in [5.41, 5.74) is 0. The summed E-state index contributed by atoms with van der Waals surface area (Å²) in [6.07, 6.45) is 1.94. The molecule has 0 aliphatic carbocycles. The van der Waals surface area contributed by atoms with Crippen LogP contribution in [0, 0.1) is 20.2 Å². The number of hydrogen-bond donors (Lipinski definition) is 0. The third kappa shape index (κ3) is 3.33. The van der Waals surface area contributed by atoms with E-state index in [1.54, 1.807) is 0 Å². The largest absolute Gasteiger partial charge is 0.358 e. The minimum atomic E-state index is -3.77. The molecule has 0 aliphatic rings. The molecule has 0 spiro atoms. The highest BCUT2D eigenvalue weighted by molar-refractivity contribution is 7.89. The summed E-state index contributed by atoms with van der Waals surface area (Å²) >= 11 is 0. The van der Waals surface area contributed by atoms with E-state index in [4.69, 9.17) is 0 Å². The quantitative estimate of drug-likeness (QED) is 0.527. The van der Waals surface area contributed by atoms with Gasteiger partial charge in [-0.3, -0.25) is 0 Å². The summed E-state index contributed by atoms with van der Waals surface area (Å²) in [7, 11) is -1.10. The Hall–Kier alpha value is -2.83. The number of nitro groups is 2. The zero-order valence-corrected chi connectivity index (χ0v) is 12.9. The molecule has 12 nitrogen and oxygen atoms in total. The molecule has 2 heterocycles. The lowest BCUT2D eigenvalue weighted by Gasteiger charge is -2.02. The van der Waals surface area contributed by atoms with Crippen molar-refractivity contribution in [3.63, 3.8) is 0 Å². The first-order valence-corrected chi connectivity index (χ1v) is 7.95. The summed E-state index contributed by atoms with van der Waals surface area (Å²) < 4.78 is 26.5. The van der Waals surface area contributed by atoms with Gasteiger partial charge < -0.3 is 20.2 Å². The maximum absolute atomic E-state index is 12.2. The minimum absolute atomic E-state index is 0.000379. The van der Waals surface area contributed by atoms with Gasteiger partial charge in [0.15, 0.2) is 9.84 Å². The van der Waals surface area contributed by atoms with Crippen LogP contribution in [0.15, 0.2) is 12.4 Å². The van der Waals surface area contributed by atoms with E-state index >= 15 is 0 Å². The SMILES string of the molecule is Cn1c([N+](=O)[O-])cnc1CS(=O)(=O)Cc1ncc([N+](=O)[O-])n1C. The molecular formula is C10H12N6O6S. The molecule has 0 saturated carbocycles. The van der Waals surface area contributed by atoms with Crippen LogP contribution in [-0.2, 0) is 35.4 Å². The van der Waals surface area contributed by atoms with Gasteiger partial charge in [0, 0.05) is 0 Å². The van der Waals surface area contributed by atoms with Gasteiger partial charge in [-0.1, -0.05) is 0 Å². The second-order valence-corrected chi connectivity index (χ2v) is 6.79. The average molecular weight is 344 g/mol. The molecule has 0 fully saturated rings. The van der Waals surface area contributed by atoms with Crippen LogP contribution in [0.3, 0.4) is 0 Å². The zero-order chi connectivity index (χ0) is 17.4. The molecule has 0 aliphatic heterocycles. The van der Waals surface area contributed by atoms with E-state index in [2.05, 4.69) is 9.97 Å². The molecule has 13 heteroatoms. The van der Waals surface area contributed by atoms with Gasteiger partial charge in [-0.25, -0.2) is 27.5 Å². The van der Waals surface area contributed by atoms with Crippen molar-refractivity contribution in [2.75, 3.05) is 0 Å². The van der Waals surface area contributed by atoms with Gasteiger partial charge in [0.05, 0.1) is 14.1 Å². The van der Waals surface area contributed by atoms with Crippen LogP contribution >= 0.6 is 0 Å². The van der Waals surface area contributed by atoms with Crippen LogP contribution in [0.25, 0.3) is 0 Å². The number of hydrogen-bond acceptors (Lipinski definition) is 8. The van der Waals surface area contributed by atoms with Gasteiger partial charge in [0.25, 0.3) is 0 Å². The predicted octanol–water partition coefficient (Wildman–Crippen LogP) is 0.0850. The van der Waals surface area contributed by atoms with Gasteiger partial charge in [0.2, 0.25) is 11.6 Å². The van der Waals surface area contributed by atoms with Crippen LogP contribution in [0.1, 0.15) is 11.6 Å². The highest BCUT2D eigenvalue weighted by Gasteiger charge is 2.27. The maximum atomic E-state index is 12.2. The Balaban J connectivity index is 2.23. The van der Waals surface area contributed by atoms with Crippen LogP contribution in [0.5, 0.6) is 0 Å². The Kier molecular flexibility index (Phi) is 4.14. The lowest BCUT2D eigenvalue weighted by molar-refractivity contribution is -0.392. The number of sulfone groups is 1. The van der Waals surface area contributed by atoms with Crippen molar-refractivity contribution in [1.29, 1.82) is 0 Å². The van der Waals surface area contributed by atoms with Crippen molar-refractivity contribution >= 4 is 21.5 Å². The summed E-state index contributed by atoms with van der Waals surface area (Å²) in [5.74, 6) is -1.75. The van der Waals surface area contributed by atoms with E-state index in [0.29, 0.717) is 0 Å². The molecule has 2 aromatic heterocycles. The molecule has 0 aromatic carbocycles. The molecular weight excluding hydrogens is 332 g/mol. The third-order valence-electron chi connectivity index (χ3n) is 3.19. The molecule has 0 atom stereocenters. The van der Waals surface area contributed by atoms with Gasteiger partial charge in [-0.15, -0.1) is 0 Å². The normalized spacial score (nSPS) is 11.6. The van der Waals surface area contributed by atoms with E-state index < -0.39 is 31.2 Å². The van der Waals surface area contributed by atoms with Gasteiger partial charge in [-0.05, 0) is 9.85 Å². The highest BCUT2D eigenvalue weighted by atomic mass is 32.2. The Morgan fingerprint density at radius 2 is 1.30 bits per heavy atom. The van der Waals surface area contributed by atoms with Crippen molar-refractivity contribution in [3.05, 3.63) is 44.3 Å². The molecule has 0 bridgehead atoms. The molecule has 0 unspecified atom stereocenters. The molecule has 0 radical (unpaired) electrons. The van der Waals surface area contributed by atoms with Crippen LogP contribution in [0.2, 0.25) is 0 Å².